The minimum absolute atomic E-state index is 0.120. The first-order valence-corrected chi connectivity index (χ1v) is 9.44. The molecule has 1 N–H and O–H groups in total. The monoisotopic (exact) mass is 400 g/mol. The molecular weight excluding hydrogens is 376 g/mol. The third-order valence-electron chi connectivity index (χ3n) is 3.89. The van der Waals surface area contributed by atoms with E-state index >= 15 is 0 Å². The molecule has 0 unspecified atom stereocenters. The van der Waals surface area contributed by atoms with Gasteiger partial charge in [0, 0.05) is 12.7 Å². The lowest BCUT2D eigenvalue weighted by atomic mass is 10.2. The van der Waals surface area contributed by atoms with E-state index in [2.05, 4.69) is 5.32 Å². The highest BCUT2D eigenvalue weighted by molar-refractivity contribution is 7.80. The molecule has 0 spiro atoms. The zero-order valence-corrected chi connectivity index (χ0v) is 16.8. The van der Waals surface area contributed by atoms with Gasteiger partial charge in [0.25, 0.3) is 5.91 Å². The molecule has 1 amide bonds. The Morgan fingerprint density at radius 2 is 1.75 bits per heavy atom. The Morgan fingerprint density at radius 1 is 1.07 bits per heavy atom. The van der Waals surface area contributed by atoms with Crippen molar-refractivity contribution in [3.05, 3.63) is 60.2 Å². The van der Waals surface area contributed by atoms with E-state index < -0.39 is 0 Å². The Balaban J connectivity index is 1.83. The number of ether oxygens (including phenoxy) is 2. The standard InChI is InChI=1S/C21H24N2O4S/c1-3-4-14-26-20(25)16-10-12-17(13-11-16)22-21(28)23(2)19(24)15-27-18-8-6-5-7-9-18/h5-13H,3-4,14-15H2,1-2H3,(H,22,28). The topological polar surface area (TPSA) is 67.9 Å². The van der Waals surface area contributed by atoms with Crippen LogP contribution in [-0.4, -0.2) is 42.2 Å². The molecule has 0 aliphatic carbocycles. The Kier molecular flexibility index (Phi) is 8.42. The minimum atomic E-state index is -0.354. The summed E-state index contributed by atoms with van der Waals surface area (Å²) in [7, 11) is 1.57. The number of nitrogens with one attached hydrogen (secondary N) is 1. The number of benzene rings is 2. The minimum Gasteiger partial charge on any atom is -0.484 e. The van der Waals surface area contributed by atoms with Gasteiger partial charge in [0.15, 0.2) is 11.7 Å². The zero-order chi connectivity index (χ0) is 20.4. The van der Waals surface area contributed by atoms with Crippen molar-refractivity contribution in [2.45, 2.75) is 19.8 Å². The number of unbranched alkanes of at least 4 members (excludes halogenated alkanes) is 1. The number of carbonyl (C=O) groups excluding carboxylic acids is 2. The number of esters is 1. The second-order valence-corrected chi connectivity index (χ2v) is 6.44. The van der Waals surface area contributed by atoms with E-state index in [0.29, 0.717) is 23.6 Å². The van der Waals surface area contributed by atoms with Gasteiger partial charge in [-0.2, -0.15) is 0 Å². The van der Waals surface area contributed by atoms with Crippen LogP contribution in [0.1, 0.15) is 30.1 Å². The van der Waals surface area contributed by atoms with E-state index in [-0.39, 0.29) is 23.6 Å². The van der Waals surface area contributed by atoms with E-state index in [0.717, 1.165) is 12.8 Å². The summed E-state index contributed by atoms with van der Waals surface area (Å²) in [5.74, 6) is -0.0186. The molecule has 2 aromatic carbocycles. The highest BCUT2D eigenvalue weighted by atomic mass is 32.1. The number of anilines is 1. The van der Waals surface area contributed by atoms with Crippen molar-refractivity contribution in [1.82, 2.24) is 4.90 Å². The quantitative estimate of drug-likeness (QED) is 0.412. The first-order chi connectivity index (χ1) is 13.5. The zero-order valence-electron chi connectivity index (χ0n) is 16.0. The molecule has 0 fully saturated rings. The lowest BCUT2D eigenvalue weighted by molar-refractivity contribution is -0.128. The summed E-state index contributed by atoms with van der Waals surface area (Å²) in [6.45, 7) is 2.33. The van der Waals surface area contributed by atoms with Crippen LogP contribution in [0.5, 0.6) is 5.75 Å². The van der Waals surface area contributed by atoms with Crippen molar-refractivity contribution < 1.29 is 19.1 Å². The van der Waals surface area contributed by atoms with Crippen LogP contribution in [0, 0.1) is 0 Å². The summed E-state index contributed by atoms with van der Waals surface area (Å²) < 4.78 is 10.6. The van der Waals surface area contributed by atoms with Gasteiger partial charge in [-0.1, -0.05) is 31.5 Å². The molecule has 0 saturated heterocycles. The van der Waals surface area contributed by atoms with E-state index in [4.69, 9.17) is 21.7 Å². The summed E-state index contributed by atoms with van der Waals surface area (Å²) in [5.41, 5.74) is 1.13. The first kappa shape index (κ1) is 21.4. The van der Waals surface area contributed by atoms with E-state index in [1.165, 1.54) is 4.90 Å². The van der Waals surface area contributed by atoms with Crippen molar-refractivity contribution in [2.24, 2.45) is 0 Å². The summed E-state index contributed by atoms with van der Waals surface area (Å²) in [4.78, 5) is 25.4. The summed E-state index contributed by atoms with van der Waals surface area (Å²) in [5, 5.41) is 3.20. The SMILES string of the molecule is CCCCOC(=O)c1ccc(NC(=S)N(C)C(=O)COc2ccccc2)cc1. The Hall–Kier alpha value is -2.93. The summed E-state index contributed by atoms with van der Waals surface area (Å²) >= 11 is 5.27. The molecular formula is C21H24N2O4S. The lowest BCUT2D eigenvalue weighted by Crippen LogP contribution is -2.39. The van der Waals surface area contributed by atoms with Crippen LogP contribution in [0.2, 0.25) is 0 Å². The normalized spacial score (nSPS) is 10.1. The Bertz CT molecular complexity index is 794. The average Bonchev–Trinajstić information content (AvgIpc) is 2.72. The Morgan fingerprint density at radius 3 is 2.39 bits per heavy atom. The molecule has 0 radical (unpaired) electrons. The molecule has 7 heteroatoms. The van der Waals surface area contributed by atoms with Gasteiger partial charge in [0.05, 0.1) is 12.2 Å². The number of nitrogens with zero attached hydrogens (tertiary/aromatic N) is 1. The highest BCUT2D eigenvalue weighted by Gasteiger charge is 2.15. The first-order valence-electron chi connectivity index (χ1n) is 9.04. The van der Waals surface area contributed by atoms with Gasteiger partial charge >= 0.3 is 5.97 Å². The van der Waals surface area contributed by atoms with Crippen LogP contribution in [0.3, 0.4) is 0 Å². The number of thiocarbonyl (C=S) groups is 1. The van der Waals surface area contributed by atoms with Gasteiger partial charge in [-0.05, 0) is 55.0 Å². The molecule has 0 bridgehead atoms. The fourth-order valence-corrected chi connectivity index (χ4v) is 2.38. The number of rotatable bonds is 8. The second-order valence-electron chi connectivity index (χ2n) is 6.05. The van der Waals surface area contributed by atoms with E-state index in [9.17, 15) is 9.59 Å². The number of hydrogen-bond donors (Lipinski definition) is 1. The predicted molar refractivity (Wildman–Crippen MR) is 113 cm³/mol. The highest BCUT2D eigenvalue weighted by Crippen LogP contribution is 2.12. The van der Waals surface area contributed by atoms with Crippen molar-refractivity contribution >= 4 is 34.9 Å². The van der Waals surface area contributed by atoms with E-state index in [1.54, 1.807) is 43.4 Å². The molecule has 148 valence electrons. The molecule has 0 aliphatic rings. The van der Waals surface area contributed by atoms with Crippen molar-refractivity contribution in [3.63, 3.8) is 0 Å². The molecule has 0 atom stereocenters. The molecule has 2 rings (SSSR count). The maximum Gasteiger partial charge on any atom is 0.338 e. The second kappa shape index (κ2) is 11.0. The number of carbonyl (C=O) groups is 2. The fraction of sp³-hybridized carbons (Fsp3) is 0.286. The van der Waals surface area contributed by atoms with Crippen LogP contribution in [0.15, 0.2) is 54.6 Å². The van der Waals surface area contributed by atoms with Gasteiger partial charge in [0.1, 0.15) is 5.75 Å². The van der Waals surface area contributed by atoms with Gasteiger partial charge in [-0.3, -0.25) is 9.69 Å². The number of amides is 1. The molecule has 0 aliphatic heterocycles. The third-order valence-corrected chi connectivity index (χ3v) is 4.26. The Labute approximate surface area is 170 Å². The maximum absolute atomic E-state index is 12.2. The van der Waals surface area contributed by atoms with Gasteiger partial charge in [-0.15, -0.1) is 0 Å². The van der Waals surface area contributed by atoms with Crippen LogP contribution in [0.25, 0.3) is 0 Å². The van der Waals surface area contributed by atoms with Crippen LogP contribution in [0.4, 0.5) is 5.69 Å². The maximum atomic E-state index is 12.2. The van der Waals surface area contributed by atoms with Crippen molar-refractivity contribution in [2.75, 3.05) is 25.6 Å². The van der Waals surface area contributed by atoms with Gasteiger partial charge in [-0.25, -0.2) is 4.79 Å². The van der Waals surface area contributed by atoms with E-state index in [1.807, 2.05) is 25.1 Å². The lowest BCUT2D eigenvalue weighted by Gasteiger charge is -2.19. The molecule has 6 nitrogen and oxygen atoms in total. The van der Waals surface area contributed by atoms with Crippen LogP contribution in [-0.2, 0) is 9.53 Å². The molecule has 0 heterocycles. The summed E-state index contributed by atoms with van der Waals surface area (Å²) in [6, 6.07) is 15.8. The van der Waals surface area contributed by atoms with Gasteiger partial charge < -0.3 is 14.8 Å². The number of hydrogen-bond acceptors (Lipinski definition) is 5. The van der Waals surface area contributed by atoms with Crippen LogP contribution >= 0.6 is 12.2 Å². The molecule has 28 heavy (non-hydrogen) atoms. The molecule has 2 aromatic rings. The third kappa shape index (κ3) is 6.66. The summed E-state index contributed by atoms with van der Waals surface area (Å²) in [6.07, 6.45) is 1.81. The van der Waals surface area contributed by atoms with Crippen molar-refractivity contribution in [1.29, 1.82) is 0 Å². The predicted octanol–water partition coefficient (Wildman–Crippen LogP) is 3.88. The van der Waals surface area contributed by atoms with Crippen molar-refractivity contribution in [3.8, 4) is 5.75 Å². The number of likely N-dealkylation sites (N-methyl/N-ethyl adjacent to an activating group) is 1. The van der Waals surface area contributed by atoms with Gasteiger partial charge in [0.2, 0.25) is 0 Å². The fourth-order valence-electron chi connectivity index (χ4n) is 2.16. The average molecular weight is 401 g/mol. The molecule has 0 aromatic heterocycles. The largest absolute Gasteiger partial charge is 0.484 e. The number of para-hydroxylation sites is 1. The smallest absolute Gasteiger partial charge is 0.338 e. The molecule has 0 saturated carbocycles. The van der Waals surface area contributed by atoms with Crippen LogP contribution < -0.4 is 10.1 Å².